The SMILES string of the molecule is CCCOC(=O)CC(C(=O)OCCC)N(CC(C)C)CC(C)C. The van der Waals surface area contributed by atoms with Crippen molar-refractivity contribution in [3.05, 3.63) is 0 Å². The van der Waals surface area contributed by atoms with Gasteiger partial charge in [0.2, 0.25) is 0 Å². The summed E-state index contributed by atoms with van der Waals surface area (Å²) >= 11 is 0. The summed E-state index contributed by atoms with van der Waals surface area (Å²) in [6, 6.07) is -0.560. The lowest BCUT2D eigenvalue weighted by atomic mass is 10.1. The van der Waals surface area contributed by atoms with Crippen molar-refractivity contribution in [2.45, 2.75) is 66.8 Å². The molecule has 5 nitrogen and oxygen atoms in total. The van der Waals surface area contributed by atoms with Crippen LogP contribution in [0, 0.1) is 11.8 Å². The van der Waals surface area contributed by atoms with Crippen LogP contribution in [0.4, 0.5) is 0 Å². The number of ether oxygens (including phenoxy) is 2. The van der Waals surface area contributed by atoms with Gasteiger partial charge in [-0.25, -0.2) is 0 Å². The minimum Gasteiger partial charge on any atom is -0.466 e. The zero-order valence-corrected chi connectivity index (χ0v) is 15.8. The van der Waals surface area contributed by atoms with Gasteiger partial charge in [-0.2, -0.15) is 0 Å². The summed E-state index contributed by atoms with van der Waals surface area (Å²) in [5, 5.41) is 0. The zero-order valence-electron chi connectivity index (χ0n) is 15.8. The second kappa shape index (κ2) is 12.3. The minimum absolute atomic E-state index is 0.0575. The highest BCUT2D eigenvalue weighted by molar-refractivity contribution is 5.82. The Morgan fingerprint density at radius 2 is 1.35 bits per heavy atom. The molecule has 0 heterocycles. The summed E-state index contributed by atoms with van der Waals surface area (Å²) < 4.78 is 10.5. The highest BCUT2D eigenvalue weighted by Crippen LogP contribution is 2.14. The number of nitrogens with zero attached hydrogens (tertiary/aromatic N) is 1. The predicted octanol–water partition coefficient (Wildman–Crippen LogP) is 3.27. The van der Waals surface area contributed by atoms with Crippen LogP contribution in [0.1, 0.15) is 60.8 Å². The Morgan fingerprint density at radius 1 is 0.870 bits per heavy atom. The van der Waals surface area contributed by atoms with Crippen LogP contribution in [-0.4, -0.2) is 49.2 Å². The van der Waals surface area contributed by atoms with Gasteiger partial charge < -0.3 is 9.47 Å². The zero-order chi connectivity index (χ0) is 17.8. The molecule has 0 bridgehead atoms. The normalized spacial score (nSPS) is 12.7. The lowest BCUT2D eigenvalue weighted by molar-refractivity contribution is -0.157. The maximum absolute atomic E-state index is 12.4. The first-order valence-corrected chi connectivity index (χ1v) is 8.88. The van der Waals surface area contributed by atoms with Gasteiger partial charge in [-0.05, 0) is 24.7 Å². The van der Waals surface area contributed by atoms with Gasteiger partial charge in [-0.3, -0.25) is 14.5 Å². The molecule has 1 atom stereocenters. The monoisotopic (exact) mass is 329 g/mol. The second-order valence-electron chi connectivity index (χ2n) is 6.85. The Balaban J connectivity index is 5.07. The molecule has 0 aliphatic rings. The smallest absolute Gasteiger partial charge is 0.323 e. The van der Waals surface area contributed by atoms with E-state index in [2.05, 4.69) is 32.6 Å². The number of rotatable bonds is 12. The van der Waals surface area contributed by atoms with E-state index in [1.165, 1.54) is 0 Å². The number of esters is 2. The van der Waals surface area contributed by atoms with Crippen molar-refractivity contribution in [2.24, 2.45) is 11.8 Å². The molecule has 0 radical (unpaired) electrons. The van der Waals surface area contributed by atoms with E-state index < -0.39 is 6.04 Å². The average molecular weight is 329 g/mol. The summed E-state index contributed by atoms with van der Waals surface area (Å²) in [5.41, 5.74) is 0. The van der Waals surface area contributed by atoms with Gasteiger partial charge >= 0.3 is 11.9 Å². The van der Waals surface area contributed by atoms with Gasteiger partial charge in [0.15, 0.2) is 0 Å². The van der Waals surface area contributed by atoms with Crippen molar-refractivity contribution in [1.29, 1.82) is 0 Å². The van der Waals surface area contributed by atoms with E-state index in [0.29, 0.717) is 25.0 Å². The molecule has 0 aromatic carbocycles. The largest absolute Gasteiger partial charge is 0.466 e. The molecule has 0 aromatic rings. The van der Waals surface area contributed by atoms with Crippen molar-refractivity contribution >= 4 is 11.9 Å². The van der Waals surface area contributed by atoms with E-state index in [4.69, 9.17) is 9.47 Å². The van der Waals surface area contributed by atoms with E-state index >= 15 is 0 Å². The van der Waals surface area contributed by atoms with Crippen LogP contribution in [0.15, 0.2) is 0 Å². The fourth-order valence-corrected chi connectivity index (χ4v) is 2.36. The number of carbonyl (C=O) groups excluding carboxylic acids is 2. The lowest BCUT2D eigenvalue weighted by Crippen LogP contribution is -2.47. The Hall–Kier alpha value is -1.10. The van der Waals surface area contributed by atoms with Crippen molar-refractivity contribution in [3.63, 3.8) is 0 Å². The molecule has 5 heteroatoms. The Bertz CT molecular complexity index is 332. The van der Waals surface area contributed by atoms with Crippen LogP contribution >= 0.6 is 0 Å². The highest BCUT2D eigenvalue weighted by Gasteiger charge is 2.31. The van der Waals surface area contributed by atoms with E-state index in [1.807, 2.05) is 13.8 Å². The Morgan fingerprint density at radius 3 is 1.78 bits per heavy atom. The third-order valence-corrected chi connectivity index (χ3v) is 3.19. The van der Waals surface area contributed by atoms with Crippen molar-refractivity contribution in [3.8, 4) is 0 Å². The van der Waals surface area contributed by atoms with Gasteiger partial charge in [0.25, 0.3) is 0 Å². The maximum Gasteiger partial charge on any atom is 0.323 e. The number of hydrogen-bond donors (Lipinski definition) is 0. The van der Waals surface area contributed by atoms with Gasteiger partial charge in [-0.1, -0.05) is 41.5 Å². The summed E-state index contributed by atoms with van der Waals surface area (Å²) in [7, 11) is 0. The van der Waals surface area contributed by atoms with Gasteiger partial charge in [0, 0.05) is 13.1 Å². The van der Waals surface area contributed by atoms with E-state index in [1.54, 1.807) is 0 Å². The molecule has 0 saturated heterocycles. The third-order valence-electron chi connectivity index (χ3n) is 3.19. The average Bonchev–Trinajstić information content (AvgIpc) is 2.46. The molecule has 0 N–H and O–H groups in total. The molecule has 0 aliphatic carbocycles. The van der Waals surface area contributed by atoms with Crippen LogP contribution in [0.3, 0.4) is 0 Å². The maximum atomic E-state index is 12.4. The second-order valence-corrected chi connectivity index (χ2v) is 6.85. The molecule has 0 aliphatic heterocycles. The molecule has 0 rings (SSSR count). The first-order valence-electron chi connectivity index (χ1n) is 8.88. The molecule has 1 unspecified atom stereocenters. The van der Waals surface area contributed by atoms with E-state index in [0.717, 1.165) is 25.9 Å². The van der Waals surface area contributed by atoms with Crippen LogP contribution in [0.25, 0.3) is 0 Å². The van der Waals surface area contributed by atoms with Crippen LogP contribution < -0.4 is 0 Å². The fraction of sp³-hybridized carbons (Fsp3) is 0.889. The summed E-state index contributed by atoms with van der Waals surface area (Å²) in [4.78, 5) is 26.5. The van der Waals surface area contributed by atoms with E-state index in [-0.39, 0.29) is 18.4 Å². The third kappa shape index (κ3) is 10.3. The Kier molecular flexibility index (Phi) is 11.7. The minimum atomic E-state index is -0.560. The Labute approximate surface area is 141 Å². The van der Waals surface area contributed by atoms with Crippen LogP contribution in [-0.2, 0) is 19.1 Å². The molecular weight excluding hydrogens is 294 g/mol. The van der Waals surface area contributed by atoms with Crippen molar-refractivity contribution in [2.75, 3.05) is 26.3 Å². The number of carbonyl (C=O) groups is 2. The molecule has 0 spiro atoms. The van der Waals surface area contributed by atoms with Gasteiger partial charge in [0.1, 0.15) is 6.04 Å². The number of hydrogen-bond acceptors (Lipinski definition) is 5. The van der Waals surface area contributed by atoms with Crippen LogP contribution in [0.5, 0.6) is 0 Å². The lowest BCUT2D eigenvalue weighted by Gasteiger charge is -2.32. The standard InChI is InChI=1S/C18H35NO4/c1-7-9-22-17(20)11-16(18(21)23-10-8-2)19(12-14(3)4)13-15(5)6/h14-16H,7-13H2,1-6H3. The van der Waals surface area contributed by atoms with Gasteiger partial charge in [-0.15, -0.1) is 0 Å². The van der Waals surface area contributed by atoms with Gasteiger partial charge in [0.05, 0.1) is 19.6 Å². The summed E-state index contributed by atoms with van der Waals surface area (Å²) in [6.45, 7) is 14.6. The first kappa shape index (κ1) is 21.9. The molecule has 0 amide bonds. The predicted molar refractivity (Wildman–Crippen MR) is 92.2 cm³/mol. The highest BCUT2D eigenvalue weighted by atomic mass is 16.5. The first-order chi connectivity index (χ1) is 10.8. The molecule has 0 fully saturated rings. The quantitative estimate of drug-likeness (QED) is 0.514. The summed E-state index contributed by atoms with van der Waals surface area (Å²) in [6.07, 6.45) is 1.60. The van der Waals surface area contributed by atoms with Crippen molar-refractivity contribution in [1.82, 2.24) is 4.90 Å². The molecule has 0 saturated carbocycles. The molecular formula is C18H35NO4. The van der Waals surface area contributed by atoms with Crippen LogP contribution in [0.2, 0.25) is 0 Å². The fourth-order valence-electron chi connectivity index (χ4n) is 2.36. The van der Waals surface area contributed by atoms with E-state index in [9.17, 15) is 9.59 Å². The topological polar surface area (TPSA) is 55.8 Å². The molecule has 136 valence electrons. The summed E-state index contributed by atoms with van der Waals surface area (Å²) in [5.74, 6) is 0.160. The molecule has 23 heavy (non-hydrogen) atoms. The molecule has 0 aromatic heterocycles. The van der Waals surface area contributed by atoms with Crippen molar-refractivity contribution < 1.29 is 19.1 Å².